The molecule has 0 radical (unpaired) electrons. The standard InChI is InChI=1S/C33H31NO12/c1-16-28(25-13-10-21-8-6-7-9-24(21)34-25)29(39)23-12-11-22(14-26(23)41-16)45-33-32(44-20(5)38)31(43-19(4)37)30(42-18(3)36)27(46-33)15-40-17(2)35/h6-14,27,30-33H,15H2,1-5H3/t27-,30+,31+,32-,33+/m0/s1. The summed E-state index contributed by atoms with van der Waals surface area (Å²) in [5, 5.41) is 1.18. The van der Waals surface area contributed by atoms with E-state index in [4.69, 9.17) is 32.8 Å². The summed E-state index contributed by atoms with van der Waals surface area (Å²) in [5.41, 5.74) is 1.39. The predicted octanol–water partition coefficient (Wildman–Crippen LogP) is 3.78. The van der Waals surface area contributed by atoms with Gasteiger partial charge in [-0.05, 0) is 31.2 Å². The topological polar surface area (TPSA) is 167 Å². The maximum absolute atomic E-state index is 13.6. The van der Waals surface area contributed by atoms with E-state index in [1.54, 1.807) is 13.0 Å². The normalized spacial score (nSPS) is 20.9. The number of hydrogen-bond acceptors (Lipinski definition) is 13. The molecule has 0 aliphatic carbocycles. The number of benzene rings is 2. The molecule has 0 saturated carbocycles. The number of carbonyl (C=O) groups is 4. The molecule has 0 unspecified atom stereocenters. The minimum atomic E-state index is -1.45. The van der Waals surface area contributed by atoms with Crippen molar-refractivity contribution in [1.29, 1.82) is 0 Å². The van der Waals surface area contributed by atoms with Gasteiger partial charge in [0.05, 0.1) is 22.2 Å². The molecule has 13 nitrogen and oxygen atoms in total. The number of para-hydroxylation sites is 1. The minimum Gasteiger partial charge on any atom is -0.463 e. The van der Waals surface area contributed by atoms with Gasteiger partial charge in [0.15, 0.2) is 12.2 Å². The van der Waals surface area contributed by atoms with Crippen molar-refractivity contribution in [3.8, 4) is 17.0 Å². The first kappa shape index (κ1) is 32.1. The minimum absolute atomic E-state index is 0.132. The third kappa shape index (κ3) is 6.99. The van der Waals surface area contributed by atoms with Gasteiger partial charge in [-0.3, -0.25) is 24.0 Å². The Balaban J connectivity index is 1.51. The fourth-order valence-corrected chi connectivity index (χ4v) is 5.28. The van der Waals surface area contributed by atoms with E-state index in [0.29, 0.717) is 17.0 Å². The number of rotatable bonds is 8. The van der Waals surface area contributed by atoms with Gasteiger partial charge < -0.3 is 32.8 Å². The molecule has 0 bridgehead atoms. The average Bonchev–Trinajstić information content (AvgIpc) is 2.98. The fourth-order valence-electron chi connectivity index (χ4n) is 5.28. The van der Waals surface area contributed by atoms with Crippen LogP contribution in [0.1, 0.15) is 33.5 Å². The van der Waals surface area contributed by atoms with E-state index in [2.05, 4.69) is 4.98 Å². The quantitative estimate of drug-likeness (QED) is 0.203. The van der Waals surface area contributed by atoms with Gasteiger partial charge in [-0.25, -0.2) is 4.98 Å². The van der Waals surface area contributed by atoms with E-state index in [1.807, 2.05) is 30.3 Å². The summed E-state index contributed by atoms with van der Waals surface area (Å²) in [7, 11) is 0. The van der Waals surface area contributed by atoms with Crippen molar-refractivity contribution in [2.45, 2.75) is 65.3 Å². The predicted molar refractivity (Wildman–Crippen MR) is 161 cm³/mol. The molecule has 3 heterocycles. The van der Waals surface area contributed by atoms with Crippen molar-refractivity contribution < 1.29 is 52.0 Å². The van der Waals surface area contributed by atoms with Gasteiger partial charge >= 0.3 is 23.9 Å². The summed E-state index contributed by atoms with van der Waals surface area (Å²) < 4.78 is 39.5. The Kier molecular flexibility index (Phi) is 9.33. The Morgan fingerprint density at radius 2 is 1.48 bits per heavy atom. The van der Waals surface area contributed by atoms with E-state index in [1.165, 1.54) is 25.1 Å². The Labute approximate surface area is 262 Å². The molecular formula is C33H31NO12. The second kappa shape index (κ2) is 13.4. The Morgan fingerprint density at radius 1 is 0.804 bits per heavy atom. The van der Waals surface area contributed by atoms with Gasteiger partial charge in [-0.2, -0.15) is 0 Å². The first-order valence-electron chi connectivity index (χ1n) is 14.3. The van der Waals surface area contributed by atoms with Crippen LogP contribution in [0.5, 0.6) is 5.75 Å². The highest BCUT2D eigenvalue weighted by Crippen LogP contribution is 2.32. The molecule has 13 heteroatoms. The van der Waals surface area contributed by atoms with Crippen molar-refractivity contribution >= 4 is 45.7 Å². The lowest BCUT2D eigenvalue weighted by Gasteiger charge is -2.43. The van der Waals surface area contributed by atoms with Gasteiger partial charge in [0.2, 0.25) is 17.8 Å². The number of aryl methyl sites for hydroxylation is 1. The summed E-state index contributed by atoms with van der Waals surface area (Å²) in [4.78, 5) is 66.1. The third-order valence-corrected chi connectivity index (χ3v) is 7.09. The second-order valence-corrected chi connectivity index (χ2v) is 10.6. The van der Waals surface area contributed by atoms with E-state index in [0.717, 1.165) is 31.7 Å². The molecule has 5 atom stereocenters. The van der Waals surface area contributed by atoms with Crippen molar-refractivity contribution in [2.24, 2.45) is 0 Å². The van der Waals surface area contributed by atoms with Gasteiger partial charge in [0.1, 0.15) is 29.8 Å². The smallest absolute Gasteiger partial charge is 0.303 e. The van der Waals surface area contributed by atoms with Crippen LogP contribution in [0.2, 0.25) is 0 Å². The van der Waals surface area contributed by atoms with Crippen LogP contribution in [0, 0.1) is 6.92 Å². The van der Waals surface area contributed by atoms with E-state index < -0.39 is 61.2 Å². The van der Waals surface area contributed by atoms with Crippen LogP contribution in [0.25, 0.3) is 33.1 Å². The summed E-state index contributed by atoms with van der Waals surface area (Å²) in [5.74, 6) is -2.48. The molecule has 4 aromatic rings. The van der Waals surface area contributed by atoms with Gasteiger partial charge in [-0.15, -0.1) is 0 Å². The van der Waals surface area contributed by atoms with Gasteiger partial charge in [0.25, 0.3) is 0 Å². The molecule has 0 amide bonds. The van der Waals surface area contributed by atoms with Crippen LogP contribution in [0.4, 0.5) is 0 Å². The maximum atomic E-state index is 13.6. The van der Waals surface area contributed by atoms with Crippen LogP contribution >= 0.6 is 0 Å². The number of fused-ring (bicyclic) bond motifs is 2. The third-order valence-electron chi connectivity index (χ3n) is 7.09. The Bertz CT molecular complexity index is 1880. The zero-order valence-corrected chi connectivity index (χ0v) is 25.6. The summed E-state index contributed by atoms with van der Waals surface area (Å²) in [6, 6.07) is 15.6. The molecule has 1 fully saturated rings. The molecule has 5 rings (SSSR count). The fraction of sp³-hybridized carbons (Fsp3) is 0.333. The summed E-state index contributed by atoms with van der Waals surface area (Å²) in [6.07, 6.45) is -6.80. The van der Waals surface area contributed by atoms with Crippen LogP contribution in [0.3, 0.4) is 0 Å². The zero-order valence-electron chi connectivity index (χ0n) is 25.6. The first-order chi connectivity index (χ1) is 21.9. The van der Waals surface area contributed by atoms with Crippen molar-refractivity contribution in [3.05, 3.63) is 70.6 Å². The molecule has 0 N–H and O–H groups in total. The van der Waals surface area contributed by atoms with Crippen LogP contribution in [0.15, 0.2) is 63.8 Å². The highest BCUT2D eigenvalue weighted by Gasteiger charge is 2.53. The van der Waals surface area contributed by atoms with Crippen LogP contribution < -0.4 is 10.2 Å². The molecule has 0 spiro atoms. The number of esters is 4. The van der Waals surface area contributed by atoms with E-state index >= 15 is 0 Å². The lowest BCUT2D eigenvalue weighted by molar-refractivity contribution is -0.288. The number of aromatic nitrogens is 1. The van der Waals surface area contributed by atoms with Crippen LogP contribution in [-0.2, 0) is 42.9 Å². The number of pyridine rings is 1. The van der Waals surface area contributed by atoms with Crippen LogP contribution in [-0.4, -0.2) is 66.2 Å². The molecule has 1 saturated heterocycles. The van der Waals surface area contributed by atoms with Gasteiger partial charge in [-0.1, -0.05) is 24.3 Å². The lowest BCUT2D eigenvalue weighted by Crippen LogP contribution is -2.63. The summed E-state index contributed by atoms with van der Waals surface area (Å²) in [6.45, 7) is 5.80. The summed E-state index contributed by atoms with van der Waals surface area (Å²) >= 11 is 0. The molecule has 2 aromatic carbocycles. The largest absolute Gasteiger partial charge is 0.463 e. The number of carbonyl (C=O) groups excluding carboxylic acids is 4. The molecule has 2 aromatic heterocycles. The number of nitrogens with zero attached hydrogens (tertiary/aromatic N) is 1. The van der Waals surface area contributed by atoms with Crippen molar-refractivity contribution in [1.82, 2.24) is 4.98 Å². The van der Waals surface area contributed by atoms with Crippen molar-refractivity contribution in [3.63, 3.8) is 0 Å². The second-order valence-electron chi connectivity index (χ2n) is 10.6. The molecular weight excluding hydrogens is 602 g/mol. The SMILES string of the molecule is CC(=O)OC[C@@H]1O[C@@H](Oc2ccc3c(=O)c(-c4ccc5ccccc5n4)c(C)oc3c2)[C@@H](OC(C)=O)[C@H](OC(C)=O)[C@@H]1OC(C)=O. The molecule has 240 valence electrons. The molecule has 46 heavy (non-hydrogen) atoms. The first-order valence-corrected chi connectivity index (χ1v) is 14.3. The average molecular weight is 634 g/mol. The zero-order chi connectivity index (χ0) is 33.1. The van der Waals surface area contributed by atoms with E-state index in [-0.39, 0.29) is 22.1 Å². The van der Waals surface area contributed by atoms with E-state index in [9.17, 15) is 24.0 Å². The lowest BCUT2D eigenvalue weighted by atomic mass is 9.98. The number of hydrogen-bond donors (Lipinski definition) is 0. The maximum Gasteiger partial charge on any atom is 0.303 e. The number of ether oxygens (including phenoxy) is 6. The van der Waals surface area contributed by atoms with Gasteiger partial charge in [0, 0.05) is 39.1 Å². The molecule has 1 aliphatic heterocycles. The highest BCUT2D eigenvalue weighted by atomic mass is 16.7. The van der Waals surface area contributed by atoms with Crippen molar-refractivity contribution in [2.75, 3.05) is 6.61 Å². The monoisotopic (exact) mass is 633 g/mol. The Morgan fingerprint density at radius 3 is 2.17 bits per heavy atom. The Hall–Kier alpha value is -5.30. The highest BCUT2D eigenvalue weighted by molar-refractivity contribution is 5.86. The molecule has 1 aliphatic rings.